The number of likely N-dealkylation sites (tertiary alicyclic amines) is 1. The van der Waals surface area contributed by atoms with Crippen LogP contribution in [0, 0.1) is 5.92 Å². The molecular formula is C10H20N2O2S. The van der Waals surface area contributed by atoms with E-state index in [1.807, 2.05) is 0 Å². The quantitative estimate of drug-likeness (QED) is 0.719. The van der Waals surface area contributed by atoms with Gasteiger partial charge < -0.3 is 5.73 Å². The molecule has 0 aliphatic carbocycles. The zero-order valence-electron chi connectivity index (χ0n) is 9.06. The van der Waals surface area contributed by atoms with Crippen LogP contribution in [0.25, 0.3) is 0 Å². The van der Waals surface area contributed by atoms with Crippen LogP contribution in [0.2, 0.25) is 0 Å². The van der Waals surface area contributed by atoms with Gasteiger partial charge in [0.15, 0.2) is 9.84 Å². The molecule has 0 bridgehead atoms. The summed E-state index contributed by atoms with van der Waals surface area (Å²) >= 11 is 0. The van der Waals surface area contributed by atoms with Crippen molar-refractivity contribution in [1.82, 2.24) is 4.90 Å². The lowest BCUT2D eigenvalue weighted by atomic mass is 9.97. The van der Waals surface area contributed by atoms with Crippen LogP contribution < -0.4 is 5.73 Å². The maximum absolute atomic E-state index is 11.4. The SMILES string of the molecule is NCC1CCCN(C2CCS(=O)(=O)C2)C1. The minimum absolute atomic E-state index is 0.268. The molecule has 5 heteroatoms. The van der Waals surface area contributed by atoms with Crippen molar-refractivity contribution >= 4 is 9.84 Å². The Kier molecular flexibility index (Phi) is 3.33. The van der Waals surface area contributed by atoms with Crippen LogP contribution >= 0.6 is 0 Å². The zero-order chi connectivity index (χ0) is 10.9. The Morgan fingerprint density at radius 2 is 2.13 bits per heavy atom. The van der Waals surface area contributed by atoms with Gasteiger partial charge in [0.25, 0.3) is 0 Å². The van der Waals surface area contributed by atoms with Crippen molar-refractivity contribution in [1.29, 1.82) is 0 Å². The topological polar surface area (TPSA) is 63.4 Å². The fourth-order valence-corrected chi connectivity index (χ4v) is 4.45. The first kappa shape index (κ1) is 11.4. The van der Waals surface area contributed by atoms with Crippen LogP contribution in [-0.2, 0) is 9.84 Å². The lowest BCUT2D eigenvalue weighted by molar-refractivity contribution is 0.137. The van der Waals surface area contributed by atoms with Gasteiger partial charge in [-0.1, -0.05) is 0 Å². The molecule has 2 aliphatic heterocycles. The first-order valence-corrected chi connectivity index (χ1v) is 7.57. The molecule has 2 saturated heterocycles. The number of rotatable bonds is 2. The maximum Gasteiger partial charge on any atom is 0.151 e. The summed E-state index contributed by atoms with van der Waals surface area (Å²) in [6.07, 6.45) is 3.19. The van der Waals surface area contributed by atoms with Crippen LogP contribution in [0.3, 0.4) is 0 Å². The van der Waals surface area contributed by atoms with E-state index in [0.29, 0.717) is 17.4 Å². The van der Waals surface area contributed by atoms with E-state index >= 15 is 0 Å². The first-order chi connectivity index (χ1) is 7.11. The smallest absolute Gasteiger partial charge is 0.151 e. The van der Waals surface area contributed by atoms with Crippen molar-refractivity contribution in [3.05, 3.63) is 0 Å². The summed E-state index contributed by atoms with van der Waals surface area (Å²) in [5.41, 5.74) is 5.67. The van der Waals surface area contributed by atoms with Crippen molar-refractivity contribution < 1.29 is 8.42 Å². The highest BCUT2D eigenvalue weighted by atomic mass is 32.2. The Morgan fingerprint density at radius 1 is 1.33 bits per heavy atom. The molecule has 4 nitrogen and oxygen atoms in total. The van der Waals surface area contributed by atoms with Gasteiger partial charge >= 0.3 is 0 Å². The normalized spacial score (nSPS) is 36.9. The highest BCUT2D eigenvalue weighted by Gasteiger charge is 2.34. The van der Waals surface area contributed by atoms with Crippen LogP contribution in [-0.4, -0.2) is 50.5 Å². The first-order valence-electron chi connectivity index (χ1n) is 5.75. The van der Waals surface area contributed by atoms with E-state index in [2.05, 4.69) is 4.90 Å². The Morgan fingerprint density at radius 3 is 2.73 bits per heavy atom. The third kappa shape index (κ3) is 2.71. The molecule has 0 aromatic carbocycles. The molecule has 2 fully saturated rings. The third-order valence-electron chi connectivity index (χ3n) is 3.61. The largest absolute Gasteiger partial charge is 0.330 e. The molecule has 0 radical (unpaired) electrons. The molecular weight excluding hydrogens is 212 g/mol. The summed E-state index contributed by atoms with van der Waals surface area (Å²) in [6, 6.07) is 0.268. The minimum Gasteiger partial charge on any atom is -0.330 e. The van der Waals surface area contributed by atoms with Gasteiger partial charge in [0.05, 0.1) is 11.5 Å². The summed E-state index contributed by atoms with van der Waals surface area (Å²) in [5, 5.41) is 0. The van der Waals surface area contributed by atoms with Crippen LogP contribution in [0.5, 0.6) is 0 Å². The molecule has 15 heavy (non-hydrogen) atoms. The van der Waals surface area contributed by atoms with Gasteiger partial charge in [-0.05, 0) is 38.3 Å². The summed E-state index contributed by atoms with van der Waals surface area (Å²) < 4.78 is 22.8. The number of piperidine rings is 1. The molecule has 0 amide bonds. The predicted molar refractivity (Wildman–Crippen MR) is 60.4 cm³/mol. The summed E-state index contributed by atoms with van der Waals surface area (Å²) in [7, 11) is -2.74. The molecule has 88 valence electrons. The molecule has 2 aliphatic rings. The average Bonchev–Trinajstić information content (AvgIpc) is 2.59. The van der Waals surface area contributed by atoms with Gasteiger partial charge in [-0.25, -0.2) is 8.42 Å². The molecule has 0 spiro atoms. The van der Waals surface area contributed by atoms with Gasteiger partial charge in [-0.3, -0.25) is 4.90 Å². The molecule has 0 aromatic heterocycles. The maximum atomic E-state index is 11.4. The highest BCUT2D eigenvalue weighted by Crippen LogP contribution is 2.23. The van der Waals surface area contributed by atoms with Gasteiger partial charge in [-0.2, -0.15) is 0 Å². The van der Waals surface area contributed by atoms with E-state index in [4.69, 9.17) is 5.73 Å². The molecule has 2 rings (SSSR count). The summed E-state index contributed by atoms with van der Waals surface area (Å²) in [6.45, 7) is 2.78. The average molecular weight is 232 g/mol. The van der Waals surface area contributed by atoms with E-state index < -0.39 is 9.84 Å². The van der Waals surface area contributed by atoms with E-state index in [-0.39, 0.29) is 6.04 Å². The second kappa shape index (κ2) is 4.39. The molecule has 2 heterocycles. The van der Waals surface area contributed by atoms with E-state index in [1.165, 1.54) is 12.8 Å². The van der Waals surface area contributed by atoms with Gasteiger partial charge in [-0.15, -0.1) is 0 Å². The predicted octanol–water partition coefficient (Wildman–Crippen LogP) is -0.156. The number of nitrogens with zero attached hydrogens (tertiary/aromatic N) is 1. The highest BCUT2D eigenvalue weighted by molar-refractivity contribution is 7.91. The van der Waals surface area contributed by atoms with Crippen molar-refractivity contribution in [2.24, 2.45) is 11.7 Å². The van der Waals surface area contributed by atoms with E-state index in [1.54, 1.807) is 0 Å². The van der Waals surface area contributed by atoms with Crippen molar-refractivity contribution in [2.45, 2.75) is 25.3 Å². The number of nitrogens with two attached hydrogens (primary N) is 1. The summed E-state index contributed by atoms with van der Waals surface area (Å²) in [5.74, 6) is 1.31. The standard InChI is InChI=1S/C10H20N2O2S/c11-6-9-2-1-4-12(7-9)10-3-5-15(13,14)8-10/h9-10H,1-8,11H2. The molecule has 2 atom stereocenters. The Hall–Kier alpha value is -0.130. The van der Waals surface area contributed by atoms with Crippen LogP contribution in [0.4, 0.5) is 0 Å². The van der Waals surface area contributed by atoms with Crippen molar-refractivity contribution in [2.75, 3.05) is 31.1 Å². The lowest BCUT2D eigenvalue weighted by Crippen LogP contribution is -2.44. The van der Waals surface area contributed by atoms with Crippen molar-refractivity contribution in [3.63, 3.8) is 0 Å². The second-order valence-corrected chi connectivity index (χ2v) is 7.02. The molecule has 0 saturated carbocycles. The van der Waals surface area contributed by atoms with Crippen LogP contribution in [0.15, 0.2) is 0 Å². The lowest BCUT2D eigenvalue weighted by Gasteiger charge is -2.35. The van der Waals surface area contributed by atoms with Gasteiger partial charge in [0, 0.05) is 12.6 Å². The Balaban J connectivity index is 1.94. The van der Waals surface area contributed by atoms with Gasteiger partial charge in [0.2, 0.25) is 0 Å². The van der Waals surface area contributed by atoms with E-state index in [9.17, 15) is 8.42 Å². The fourth-order valence-electron chi connectivity index (χ4n) is 2.68. The molecule has 2 unspecified atom stereocenters. The van der Waals surface area contributed by atoms with Crippen molar-refractivity contribution in [3.8, 4) is 0 Å². The second-order valence-electron chi connectivity index (χ2n) is 4.80. The third-order valence-corrected chi connectivity index (χ3v) is 5.36. The Bertz CT molecular complexity index is 315. The molecule has 2 N–H and O–H groups in total. The zero-order valence-corrected chi connectivity index (χ0v) is 9.88. The van der Waals surface area contributed by atoms with E-state index in [0.717, 1.165) is 26.1 Å². The number of hydrogen-bond donors (Lipinski definition) is 1. The minimum atomic E-state index is -2.74. The number of sulfone groups is 1. The fraction of sp³-hybridized carbons (Fsp3) is 1.00. The molecule has 0 aromatic rings. The Labute approximate surface area is 91.7 Å². The summed E-state index contributed by atoms with van der Waals surface area (Å²) in [4.78, 5) is 2.34. The van der Waals surface area contributed by atoms with Gasteiger partial charge in [0.1, 0.15) is 0 Å². The van der Waals surface area contributed by atoms with Crippen LogP contribution in [0.1, 0.15) is 19.3 Å². The number of hydrogen-bond acceptors (Lipinski definition) is 4. The monoisotopic (exact) mass is 232 g/mol.